The SMILES string of the molecule is CCN(CC)CC.O=C(c1ccccc1)c1ccc(S)cc1. The van der Waals surface area contributed by atoms with E-state index in [1.54, 1.807) is 12.1 Å². The summed E-state index contributed by atoms with van der Waals surface area (Å²) < 4.78 is 0. The van der Waals surface area contributed by atoms with Crippen molar-refractivity contribution in [2.45, 2.75) is 25.7 Å². The molecular formula is C19H25NOS. The van der Waals surface area contributed by atoms with E-state index >= 15 is 0 Å². The zero-order chi connectivity index (χ0) is 16.4. The van der Waals surface area contributed by atoms with Gasteiger partial charge in [0.2, 0.25) is 0 Å². The topological polar surface area (TPSA) is 20.3 Å². The molecule has 2 rings (SSSR count). The van der Waals surface area contributed by atoms with Gasteiger partial charge in [0.25, 0.3) is 0 Å². The molecule has 0 heterocycles. The fourth-order valence-electron chi connectivity index (χ4n) is 2.04. The zero-order valence-corrected chi connectivity index (χ0v) is 14.5. The van der Waals surface area contributed by atoms with Gasteiger partial charge in [0.1, 0.15) is 0 Å². The van der Waals surface area contributed by atoms with Gasteiger partial charge >= 0.3 is 0 Å². The molecule has 3 heteroatoms. The van der Waals surface area contributed by atoms with E-state index < -0.39 is 0 Å². The van der Waals surface area contributed by atoms with Crippen molar-refractivity contribution in [1.82, 2.24) is 4.90 Å². The van der Waals surface area contributed by atoms with Crippen molar-refractivity contribution in [2.24, 2.45) is 0 Å². The molecule has 0 radical (unpaired) electrons. The maximum absolute atomic E-state index is 11.9. The molecule has 0 N–H and O–H groups in total. The monoisotopic (exact) mass is 315 g/mol. The normalized spacial score (nSPS) is 10.0. The second-order valence-corrected chi connectivity index (χ2v) is 5.38. The predicted molar refractivity (Wildman–Crippen MR) is 97.0 cm³/mol. The standard InChI is InChI=1S/C13H10OS.C6H15N/c14-13(10-4-2-1-3-5-10)11-6-8-12(15)9-7-11;1-4-7(5-2)6-3/h1-9,15H;4-6H2,1-3H3. The van der Waals surface area contributed by atoms with Crippen molar-refractivity contribution in [2.75, 3.05) is 19.6 Å². The van der Waals surface area contributed by atoms with Gasteiger partial charge in [0, 0.05) is 16.0 Å². The zero-order valence-electron chi connectivity index (χ0n) is 13.6. The number of hydrogen-bond donors (Lipinski definition) is 1. The van der Waals surface area contributed by atoms with Crippen LogP contribution in [0.3, 0.4) is 0 Å². The van der Waals surface area contributed by atoms with Gasteiger partial charge in [-0.15, -0.1) is 12.6 Å². The first-order valence-electron chi connectivity index (χ1n) is 7.73. The van der Waals surface area contributed by atoms with Gasteiger partial charge in [-0.05, 0) is 43.9 Å². The second kappa shape index (κ2) is 10.2. The summed E-state index contributed by atoms with van der Waals surface area (Å²) in [6.45, 7) is 10.1. The minimum absolute atomic E-state index is 0.0453. The molecule has 0 aliphatic rings. The third-order valence-corrected chi connectivity index (χ3v) is 3.81. The Morgan fingerprint density at radius 3 is 1.68 bits per heavy atom. The number of benzene rings is 2. The Morgan fingerprint density at radius 1 is 0.818 bits per heavy atom. The minimum Gasteiger partial charge on any atom is -0.304 e. The maximum atomic E-state index is 11.9. The van der Waals surface area contributed by atoms with Crippen LogP contribution in [0.1, 0.15) is 36.7 Å². The van der Waals surface area contributed by atoms with Crippen LogP contribution in [0.4, 0.5) is 0 Å². The van der Waals surface area contributed by atoms with Crippen LogP contribution in [0.15, 0.2) is 59.5 Å². The van der Waals surface area contributed by atoms with E-state index in [1.165, 1.54) is 19.6 Å². The summed E-state index contributed by atoms with van der Waals surface area (Å²) in [6, 6.07) is 16.5. The molecule has 0 amide bonds. The summed E-state index contributed by atoms with van der Waals surface area (Å²) in [5.41, 5.74) is 1.41. The first-order chi connectivity index (χ1) is 10.6. The molecule has 0 saturated heterocycles. The lowest BCUT2D eigenvalue weighted by atomic mass is 10.0. The molecule has 0 saturated carbocycles. The summed E-state index contributed by atoms with van der Waals surface area (Å²) >= 11 is 4.18. The van der Waals surface area contributed by atoms with Crippen LogP contribution in [-0.2, 0) is 0 Å². The van der Waals surface area contributed by atoms with Crippen molar-refractivity contribution >= 4 is 18.4 Å². The molecule has 0 aliphatic carbocycles. The Kier molecular flexibility index (Phi) is 8.56. The van der Waals surface area contributed by atoms with E-state index in [4.69, 9.17) is 0 Å². The molecule has 0 aliphatic heterocycles. The lowest BCUT2D eigenvalue weighted by molar-refractivity contribution is 0.103. The van der Waals surface area contributed by atoms with Crippen molar-refractivity contribution in [1.29, 1.82) is 0 Å². The maximum Gasteiger partial charge on any atom is 0.193 e. The summed E-state index contributed by atoms with van der Waals surface area (Å²) in [7, 11) is 0. The molecule has 0 fully saturated rings. The Labute approximate surface area is 139 Å². The molecule has 0 unspecified atom stereocenters. The Bertz CT molecular complexity index is 542. The van der Waals surface area contributed by atoms with Gasteiger partial charge in [-0.2, -0.15) is 0 Å². The molecular weight excluding hydrogens is 290 g/mol. The van der Waals surface area contributed by atoms with Crippen molar-refractivity contribution in [3.05, 3.63) is 65.7 Å². The number of nitrogens with zero attached hydrogens (tertiary/aromatic N) is 1. The van der Waals surface area contributed by atoms with Crippen LogP contribution in [0.2, 0.25) is 0 Å². The van der Waals surface area contributed by atoms with Gasteiger partial charge in [-0.3, -0.25) is 4.79 Å². The number of carbonyl (C=O) groups is 1. The molecule has 2 aromatic rings. The van der Waals surface area contributed by atoms with E-state index in [9.17, 15) is 4.79 Å². The highest BCUT2D eigenvalue weighted by Gasteiger charge is 2.06. The van der Waals surface area contributed by atoms with E-state index in [2.05, 4.69) is 38.3 Å². The van der Waals surface area contributed by atoms with Crippen LogP contribution in [0.25, 0.3) is 0 Å². The van der Waals surface area contributed by atoms with E-state index in [0.29, 0.717) is 11.1 Å². The summed E-state index contributed by atoms with van der Waals surface area (Å²) in [5, 5.41) is 0. The Morgan fingerprint density at radius 2 is 1.27 bits per heavy atom. The predicted octanol–water partition coefficient (Wildman–Crippen LogP) is 4.55. The lowest BCUT2D eigenvalue weighted by Gasteiger charge is -2.13. The first kappa shape index (κ1) is 18.5. The van der Waals surface area contributed by atoms with Gasteiger partial charge in [-0.1, -0.05) is 51.1 Å². The van der Waals surface area contributed by atoms with Gasteiger partial charge in [-0.25, -0.2) is 0 Å². The van der Waals surface area contributed by atoms with Crippen LogP contribution >= 0.6 is 12.6 Å². The number of carbonyl (C=O) groups excluding carboxylic acids is 1. The average Bonchev–Trinajstić information content (AvgIpc) is 2.58. The first-order valence-corrected chi connectivity index (χ1v) is 8.18. The molecule has 2 nitrogen and oxygen atoms in total. The molecule has 0 spiro atoms. The third kappa shape index (κ3) is 6.04. The smallest absolute Gasteiger partial charge is 0.193 e. The number of ketones is 1. The second-order valence-electron chi connectivity index (χ2n) is 4.86. The third-order valence-electron chi connectivity index (χ3n) is 3.51. The lowest BCUT2D eigenvalue weighted by Crippen LogP contribution is -2.21. The average molecular weight is 315 g/mol. The van der Waals surface area contributed by atoms with Crippen LogP contribution in [0, 0.1) is 0 Å². The van der Waals surface area contributed by atoms with E-state index in [0.717, 1.165) is 4.90 Å². The van der Waals surface area contributed by atoms with Crippen molar-refractivity contribution in [3.8, 4) is 0 Å². The van der Waals surface area contributed by atoms with Crippen LogP contribution in [0.5, 0.6) is 0 Å². The molecule has 22 heavy (non-hydrogen) atoms. The molecule has 118 valence electrons. The van der Waals surface area contributed by atoms with Crippen LogP contribution in [-0.4, -0.2) is 30.3 Å². The minimum atomic E-state index is 0.0453. The van der Waals surface area contributed by atoms with E-state index in [1.807, 2.05) is 42.5 Å². The quantitative estimate of drug-likeness (QED) is 0.645. The van der Waals surface area contributed by atoms with Gasteiger partial charge in [0.15, 0.2) is 5.78 Å². The van der Waals surface area contributed by atoms with E-state index in [-0.39, 0.29) is 5.78 Å². The summed E-state index contributed by atoms with van der Waals surface area (Å²) in [4.78, 5) is 15.2. The highest BCUT2D eigenvalue weighted by molar-refractivity contribution is 7.80. The number of rotatable bonds is 5. The summed E-state index contributed by atoms with van der Waals surface area (Å²) in [5.74, 6) is 0.0453. The Hall–Kier alpha value is -1.58. The van der Waals surface area contributed by atoms with Crippen molar-refractivity contribution in [3.63, 3.8) is 0 Å². The van der Waals surface area contributed by atoms with Crippen LogP contribution < -0.4 is 0 Å². The number of hydrogen-bond acceptors (Lipinski definition) is 3. The largest absolute Gasteiger partial charge is 0.304 e. The molecule has 0 aromatic heterocycles. The van der Waals surface area contributed by atoms with Gasteiger partial charge in [0.05, 0.1) is 0 Å². The number of thiol groups is 1. The highest BCUT2D eigenvalue weighted by Crippen LogP contribution is 2.12. The Balaban J connectivity index is 0.000000295. The fraction of sp³-hybridized carbons (Fsp3) is 0.316. The fourth-order valence-corrected chi connectivity index (χ4v) is 2.19. The van der Waals surface area contributed by atoms with Crippen molar-refractivity contribution < 1.29 is 4.79 Å². The molecule has 2 aromatic carbocycles. The van der Waals surface area contributed by atoms with Gasteiger partial charge < -0.3 is 4.90 Å². The molecule has 0 bridgehead atoms. The highest BCUT2D eigenvalue weighted by atomic mass is 32.1. The summed E-state index contributed by atoms with van der Waals surface area (Å²) in [6.07, 6.45) is 0. The molecule has 0 atom stereocenters.